The number of nitrogens with two attached hydrogens (primary N) is 1. The molecule has 0 saturated carbocycles. The van der Waals surface area contributed by atoms with Gasteiger partial charge in [0.2, 0.25) is 0 Å². The van der Waals surface area contributed by atoms with Gasteiger partial charge in [-0.05, 0) is 51.4 Å². The van der Waals surface area contributed by atoms with Crippen LogP contribution in [0.5, 0.6) is 5.75 Å². The quantitative estimate of drug-likeness (QED) is 0.447. The normalized spacial score (nSPS) is 18.4. The van der Waals surface area contributed by atoms with Crippen LogP contribution in [0.3, 0.4) is 0 Å². The molecule has 3 rings (SSSR count). The number of methoxy groups -OCH3 is 1. The SMILES string of the molecule is COc1cc(Cl)c(N)c(C(Cl)=Nc2ccc(B3OC(C)(C)C(C)(C)O3)cc2)c1. The van der Waals surface area contributed by atoms with Crippen LogP contribution in [0.15, 0.2) is 41.4 Å². The number of nitrogens with zero attached hydrogens (tertiary/aromatic N) is 1. The fourth-order valence-electron chi connectivity index (χ4n) is 2.74. The first-order valence-electron chi connectivity index (χ1n) is 8.87. The average molecular weight is 421 g/mol. The van der Waals surface area contributed by atoms with Gasteiger partial charge in [0.1, 0.15) is 10.9 Å². The van der Waals surface area contributed by atoms with E-state index in [-0.39, 0.29) is 16.4 Å². The topological polar surface area (TPSA) is 66.1 Å². The lowest BCUT2D eigenvalue weighted by molar-refractivity contribution is 0.00578. The molecule has 148 valence electrons. The molecule has 0 amide bonds. The molecule has 28 heavy (non-hydrogen) atoms. The summed E-state index contributed by atoms with van der Waals surface area (Å²) in [6.07, 6.45) is 0. The summed E-state index contributed by atoms with van der Waals surface area (Å²) >= 11 is 12.5. The summed E-state index contributed by atoms with van der Waals surface area (Å²) in [4.78, 5) is 4.44. The van der Waals surface area contributed by atoms with Crippen LogP contribution in [-0.4, -0.2) is 30.6 Å². The predicted molar refractivity (Wildman–Crippen MR) is 117 cm³/mol. The number of anilines is 1. The molecule has 1 saturated heterocycles. The predicted octanol–water partition coefficient (Wildman–Crippen LogP) is 4.55. The van der Waals surface area contributed by atoms with Crippen molar-refractivity contribution in [3.63, 3.8) is 0 Å². The molecule has 0 unspecified atom stereocenters. The number of halogens is 2. The van der Waals surface area contributed by atoms with Gasteiger partial charge in [-0.2, -0.15) is 0 Å². The van der Waals surface area contributed by atoms with E-state index in [1.54, 1.807) is 19.2 Å². The van der Waals surface area contributed by atoms with Crippen molar-refractivity contribution in [2.45, 2.75) is 38.9 Å². The van der Waals surface area contributed by atoms with Crippen LogP contribution < -0.4 is 15.9 Å². The van der Waals surface area contributed by atoms with Crippen LogP contribution >= 0.6 is 23.2 Å². The highest BCUT2D eigenvalue weighted by Crippen LogP contribution is 2.36. The number of nitrogen functional groups attached to an aromatic ring is 1. The molecule has 2 aromatic rings. The van der Waals surface area contributed by atoms with E-state index in [1.807, 2.05) is 52.0 Å². The van der Waals surface area contributed by atoms with Crippen LogP contribution in [-0.2, 0) is 9.31 Å². The molecule has 1 fully saturated rings. The van der Waals surface area contributed by atoms with Gasteiger partial charge in [-0.1, -0.05) is 35.3 Å². The fraction of sp³-hybridized carbons (Fsp3) is 0.350. The van der Waals surface area contributed by atoms with Gasteiger partial charge >= 0.3 is 7.12 Å². The average Bonchev–Trinajstić information content (AvgIpc) is 2.85. The van der Waals surface area contributed by atoms with Gasteiger partial charge < -0.3 is 19.8 Å². The van der Waals surface area contributed by atoms with Crippen molar-refractivity contribution in [3.05, 3.63) is 47.0 Å². The molecule has 2 aromatic carbocycles. The number of benzene rings is 2. The Kier molecular flexibility index (Phi) is 5.70. The van der Waals surface area contributed by atoms with Crippen molar-refractivity contribution in [3.8, 4) is 5.75 Å². The Morgan fingerprint density at radius 3 is 2.18 bits per heavy atom. The van der Waals surface area contributed by atoms with Crippen molar-refractivity contribution in [2.24, 2.45) is 4.99 Å². The Bertz CT molecular complexity index is 898. The second kappa shape index (κ2) is 7.60. The third-order valence-corrected chi connectivity index (χ3v) is 5.81. The summed E-state index contributed by atoms with van der Waals surface area (Å²) in [5.41, 5.74) is 7.71. The maximum absolute atomic E-state index is 6.40. The number of hydrogen-bond donors (Lipinski definition) is 1. The Labute approximate surface area is 175 Å². The van der Waals surface area contributed by atoms with Gasteiger partial charge in [0.15, 0.2) is 0 Å². The Hall–Kier alpha value is -1.73. The van der Waals surface area contributed by atoms with Gasteiger partial charge in [0.05, 0.1) is 34.7 Å². The van der Waals surface area contributed by atoms with Gasteiger partial charge in [-0.3, -0.25) is 0 Å². The summed E-state index contributed by atoms with van der Waals surface area (Å²) in [7, 11) is 1.12. The van der Waals surface area contributed by atoms with Crippen molar-refractivity contribution in [1.82, 2.24) is 0 Å². The molecular formula is C20H23BCl2N2O3. The zero-order valence-corrected chi connectivity index (χ0v) is 18.1. The van der Waals surface area contributed by atoms with Gasteiger partial charge in [-0.25, -0.2) is 4.99 Å². The molecule has 0 aromatic heterocycles. The second-order valence-electron chi connectivity index (χ2n) is 7.65. The Morgan fingerprint density at radius 2 is 1.64 bits per heavy atom. The molecule has 1 aliphatic heterocycles. The lowest BCUT2D eigenvalue weighted by Crippen LogP contribution is -2.41. The number of rotatable bonds is 4. The van der Waals surface area contributed by atoms with E-state index in [4.69, 9.17) is 43.0 Å². The van der Waals surface area contributed by atoms with Crippen molar-refractivity contribution in [1.29, 1.82) is 0 Å². The second-order valence-corrected chi connectivity index (χ2v) is 8.42. The summed E-state index contributed by atoms with van der Waals surface area (Å²) in [6.45, 7) is 8.09. The third-order valence-electron chi connectivity index (χ3n) is 5.21. The molecule has 0 spiro atoms. The van der Waals surface area contributed by atoms with Crippen LogP contribution in [0.25, 0.3) is 0 Å². The summed E-state index contributed by atoms with van der Waals surface area (Å²) in [5.74, 6) is 0.554. The Morgan fingerprint density at radius 1 is 1.07 bits per heavy atom. The van der Waals surface area contributed by atoms with Gasteiger partial charge in [-0.15, -0.1) is 0 Å². The molecule has 1 heterocycles. The lowest BCUT2D eigenvalue weighted by Gasteiger charge is -2.32. The van der Waals surface area contributed by atoms with Crippen LogP contribution in [0, 0.1) is 0 Å². The first-order valence-corrected chi connectivity index (χ1v) is 9.63. The minimum absolute atomic E-state index is 0.224. The lowest BCUT2D eigenvalue weighted by atomic mass is 9.79. The molecule has 0 radical (unpaired) electrons. The molecule has 1 aliphatic rings. The van der Waals surface area contributed by atoms with E-state index in [0.717, 1.165) is 5.46 Å². The highest BCUT2D eigenvalue weighted by Gasteiger charge is 2.51. The monoisotopic (exact) mass is 420 g/mol. The smallest absolute Gasteiger partial charge is 0.494 e. The maximum atomic E-state index is 6.40. The number of aliphatic imine (C=N–C) groups is 1. The van der Waals surface area contributed by atoms with E-state index >= 15 is 0 Å². The van der Waals surface area contributed by atoms with E-state index in [1.165, 1.54) is 0 Å². The fourth-order valence-corrected chi connectivity index (χ4v) is 3.20. The van der Waals surface area contributed by atoms with Crippen LogP contribution in [0.1, 0.15) is 33.3 Å². The molecule has 8 heteroatoms. The molecule has 0 bridgehead atoms. The molecular weight excluding hydrogens is 398 g/mol. The van der Waals surface area contributed by atoms with E-state index in [2.05, 4.69) is 4.99 Å². The van der Waals surface area contributed by atoms with Crippen molar-refractivity contribution >= 4 is 52.3 Å². The highest BCUT2D eigenvalue weighted by atomic mass is 35.5. The van der Waals surface area contributed by atoms with Crippen molar-refractivity contribution < 1.29 is 14.0 Å². The first kappa shape index (κ1) is 21.0. The van der Waals surface area contributed by atoms with E-state index in [9.17, 15) is 0 Å². The minimum atomic E-state index is -0.425. The Balaban J connectivity index is 1.84. The largest absolute Gasteiger partial charge is 0.497 e. The molecule has 0 aliphatic carbocycles. The van der Waals surface area contributed by atoms with E-state index in [0.29, 0.717) is 27.7 Å². The molecule has 2 N–H and O–H groups in total. The highest BCUT2D eigenvalue weighted by molar-refractivity contribution is 6.70. The molecule has 0 atom stereocenters. The van der Waals surface area contributed by atoms with Crippen LogP contribution in [0.2, 0.25) is 5.02 Å². The first-order chi connectivity index (χ1) is 13.0. The zero-order valence-electron chi connectivity index (χ0n) is 16.5. The molecule has 5 nitrogen and oxygen atoms in total. The third kappa shape index (κ3) is 4.01. The summed E-state index contributed by atoms with van der Waals surface area (Å²) < 4.78 is 17.3. The maximum Gasteiger partial charge on any atom is 0.494 e. The minimum Gasteiger partial charge on any atom is -0.497 e. The standard InChI is InChI=1S/C20H23BCl2N2O3/c1-19(2)20(3,4)28-21(27-19)12-6-8-13(9-7-12)25-18(23)15-10-14(26-5)11-16(22)17(15)24/h6-11H,24H2,1-5H3. The van der Waals surface area contributed by atoms with Crippen molar-refractivity contribution in [2.75, 3.05) is 12.8 Å². The van der Waals surface area contributed by atoms with E-state index < -0.39 is 7.12 Å². The number of hydrogen-bond acceptors (Lipinski definition) is 5. The van der Waals surface area contributed by atoms with Gasteiger partial charge in [0.25, 0.3) is 0 Å². The summed E-state index contributed by atoms with van der Waals surface area (Å²) in [5, 5.41) is 0.584. The number of ether oxygens (including phenoxy) is 1. The summed E-state index contributed by atoms with van der Waals surface area (Å²) in [6, 6.07) is 10.8. The van der Waals surface area contributed by atoms with Crippen LogP contribution in [0.4, 0.5) is 11.4 Å². The zero-order chi connectivity index (χ0) is 20.7. The van der Waals surface area contributed by atoms with Gasteiger partial charge in [0, 0.05) is 11.6 Å².